The summed E-state index contributed by atoms with van der Waals surface area (Å²) in [6.07, 6.45) is 6.07. The van der Waals surface area contributed by atoms with Gasteiger partial charge in [-0.25, -0.2) is 0 Å². The molecule has 1 heterocycles. The highest BCUT2D eigenvalue weighted by Gasteiger charge is 2.38. The smallest absolute Gasteiger partial charge is 0.234 e. The normalized spacial score (nSPS) is 18.4. The van der Waals surface area contributed by atoms with Gasteiger partial charge in [-0.2, -0.15) is 4.98 Å². The molecule has 0 N–H and O–H groups in total. The lowest BCUT2D eigenvalue weighted by Gasteiger charge is -2.32. The van der Waals surface area contributed by atoms with E-state index in [4.69, 9.17) is 9.26 Å². The number of nitrogens with zero attached hydrogens (tertiary/aromatic N) is 2. The van der Waals surface area contributed by atoms with Crippen LogP contribution in [0.5, 0.6) is 0 Å². The van der Waals surface area contributed by atoms with E-state index >= 15 is 0 Å². The zero-order valence-corrected chi connectivity index (χ0v) is 12.6. The molecule has 5 heteroatoms. The van der Waals surface area contributed by atoms with E-state index in [1.165, 1.54) is 6.42 Å². The van der Waals surface area contributed by atoms with Crippen LogP contribution < -0.4 is 0 Å². The fourth-order valence-electron chi connectivity index (χ4n) is 2.85. The minimum absolute atomic E-state index is 0.144. The van der Waals surface area contributed by atoms with Crippen molar-refractivity contribution in [2.45, 2.75) is 64.4 Å². The van der Waals surface area contributed by atoms with E-state index in [1.54, 1.807) is 7.11 Å². The summed E-state index contributed by atoms with van der Waals surface area (Å²) in [7, 11) is 1.70. The van der Waals surface area contributed by atoms with E-state index in [2.05, 4.69) is 10.1 Å². The molecule has 1 aromatic heterocycles. The molecule has 5 nitrogen and oxygen atoms in total. The molecule has 0 atom stereocenters. The predicted molar refractivity (Wildman–Crippen MR) is 74.2 cm³/mol. The Labute approximate surface area is 120 Å². The highest BCUT2D eigenvalue weighted by atomic mass is 16.5. The standard InChI is InChI=1S/C15H24N2O3/c1-11(2)9-12(18)10-13-16-14(17-20-13)15(19-3)7-5-4-6-8-15/h11H,4-10H2,1-3H3. The van der Waals surface area contributed by atoms with Crippen LogP contribution in [0.4, 0.5) is 0 Å². The number of ketones is 1. The average molecular weight is 280 g/mol. The number of aromatic nitrogens is 2. The molecule has 1 aromatic rings. The largest absolute Gasteiger partial charge is 0.370 e. The van der Waals surface area contributed by atoms with Crippen LogP contribution in [-0.2, 0) is 21.6 Å². The van der Waals surface area contributed by atoms with Crippen molar-refractivity contribution in [1.29, 1.82) is 0 Å². The number of hydrogen-bond acceptors (Lipinski definition) is 5. The second-order valence-electron chi connectivity index (χ2n) is 6.08. The van der Waals surface area contributed by atoms with Crippen molar-refractivity contribution in [3.05, 3.63) is 11.7 Å². The Kier molecular flexibility index (Phi) is 4.91. The molecule has 1 fully saturated rings. The van der Waals surface area contributed by atoms with E-state index in [0.29, 0.717) is 24.1 Å². The first kappa shape index (κ1) is 15.2. The van der Waals surface area contributed by atoms with Gasteiger partial charge >= 0.3 is 0 Å². The Balaban J connectivity index is 2.05. The summed E-state index contributed by atoms with van der Waals surface area (Å²) in [5.41, 5.74) is -0.416. The molecule has 1 saturated carbocycles. The molecule has 112 valence electrons. The zero-order valence-electron chi connectivity index (χ0n) is 12.6. The topological polar surface area (TPSA) is 65.2 Å². The van der Waals surface area contributed by atoms with Crippen LogP contribution in [0.15, 0.2) is 4.52 Å². The maximum absolute atomic E-state index is 11.8. The number of rotatable bonds is 6. The maximum Gasteiger partial charge on any atom is 0.234 e. The number of methoxy groups -OCH3 is 1. The van der Waals surface area contributed by atoms with Gasteiger partial charge in [0.05, 0.1) is 6.42 Å². The Morgan fingerprint density at radius 1 is 1.35 bits per heavy atom. The van der Waals surface area contributed by atoms with Crippen LogP contribution >= 0.6 is 0 Å². The van der Waals surface area contributed by atoms with Crippen LogP contribution in [0.25, 0.3) is 0 Å². The van der Waals surface area contributed by atoms with Gasteiger partial charge in [0, 0.05) is 13.5 Å². The lowest BCUT2D eigenvalue weighted by atomic mass is 9.84. The Morgan fingerprint density at radius 2 is 2.05 bits per heavy atom. The summed E-state index contributed by atoms with van der Waals surface area (Å²) in [6, 6.07) is 0. The van der Waals surface area contributed by atoms with Crippen molar-refractivity contribution >= 4 is 5.78 Å². The van der Waals surface area contributed by atoms with Crippen LogP contribution in [-0.4, -0.2) is 23.0 Å². The van der Waals surface area contributed by atoms with Crippen molar-refractivity contribution in [3.63, 3.8) is 0 Å². The second kappa shape index (κ2) is 6.48. The lowest BCUT2D eigenvalue weighted by molar-refractivity contribution is -0.119. The van der Waals surface area contributed by atoms with Crippen LogP contribution in [0.1, 0.15) is 64.1 Å². The zero-order chi connectivity index (χ0) is 14.6. The highest BCUT2D eigenvalue weighted by molar-refractivity contribution is 5.80. The Morgan fingerprint density at radius 3 is 2.65 bits per heavy atom. The first-order valence-corrected chi connectivity index (χ1v) is 7.45. The molecule has 0 amide bonds. The van der Waals surface area contributed by atoms with Crippen LogP contribution in [0, 0.1) is 5.92 Å². The molecule has 0 aromatic carbocycles. The third-order valence-electron chi connectivity index (χ3n) is 3.91. The number of carbonyl (C=O) groups excluding carboxylic acids is 1. The molecule has 2 rings (SSSR count). The minimum Gasteiger partial charge on any atom is -0.370 e. The van der Waals surface area contributed by atoms with E-state index in [9.17, 15) is 4.79 Å². The number of carbonyl (C=O) groups is 1. The summed E-state index contributed by atoms with van der Waals surface area (Å²) < 4.78 is 10.9. The summed E-state index contributed by atoms with van der Waals surface area (Å²) in [5.74, 6) is 1.51. The first-order chi connectivity index (χ1) is 9.55. The molecule has 0 aliphatic heterocycles. The summed E-state index contributed by atoms with van der Waals surface area (Å²) >= 11 is 0. The van der Waals surface area contributed by atoms with Gasteiger partial charge in [0.1, 0.15) is 11.4 Å². The van der Waals surface area contributed by atoms with Crippen molar-refractivity contribution in [1.82, 2.24) is 10.1 Å². The molecular formula is C15H24N2O3. The molecule has 0 bridgehead atoms. The van der Waals surface area contributed by atoms with E-state index in [1.807, 2.05) is 13.8 Å². The maximum atomic E-state index is 11.8. The summed E-state index contributed by atoms with van der Waals surface area (Å²) in [4.78, 5) is 16.2. The van der Waals surface area contributed by atoms with Crippen molar-refractivity contribution in [2.24, 2.45) is 5.92 Å². The van der Waals surface area contributed by atoms with Gasteiger partial charge in [0.15, 0.2) is 0 Å². The molecule has 0 radical (unpaired) electrons. The fraction of sp³-hybridized carbons (Fsp3) is 0.800. The second-order valence-corrected chi connectivity index (χ2v) is 6.08. The predicted octanol–water partition coefficient (Wildman–Crippen LogP) is 3.03. The summed E-state index contributed by atoms with van der Waals surface area (Å²) in [5, 5.41) is 4.05. The Bertz CT molecular complexity index is 448. The highest BCUT2D eigenvalue weighted by Crippen LogP contribution is 2.38. The number of Topliss-reactive ketones (excluding diaryl/α,β-unsaturated/α-hetero) is 1. The van der Waals surface area contributed by atoms with Crippen LogP contribution in [0.3, 0.4) is 0 Å². The monoisotopic (exact) mass is 280 g/mol. The minimum atomic E-state index is -0.416. The van der Waals surface area contributed by atoms with Gasteiger partial charge in [-0.15, -0.1) is 0 Å². The number of hydrogen-bond donors (Lipinski definition) is 0. The number of ether oxygens (including phenoxy) is 1. The van der Waals surface area contributed by atoms with E-state index < -0.39 is 5.60 Å². The first-order valence-electron chi connectivity index (χ1n) is 7.45. The lowest BCUT2D eigenvalue weighted by Crippen LogP contribution is -2.32. The van der Waals surface area contributed by atoms with Crippen molar-refractivity contribution in [3.8, 4) is 0 Å². The van der Waals surface area contributed by atoms with Crippen molar-refractivity contribution in [2.75, 3.05) is 7.11 Å². The van der Waals surface area contributed by atoms with Crippen LogP contribution in [0.2, 0.25) is 0 Å². The third-order valence-corrected chi connectivity index (χ3v) is 3.91. The van der Waals surface area contributed by atoms with Gasteiger partial charge in [-0.1, -0.05) is 38.3 Å². The van der Waals surface area contributed by atoms with E-state index in [-0.39, 0.29) is 12.2 Å². The molecule has 20 heavy (non-hydrogen) atoms. The SMILES string of the molecule is COC1(c2noc(CC(=O)CC(C)C)n2)CCCCC1. The van der Waals surface area contributed by atoms with Gasteiger partial charge < -0.3 is 9.26 Å². The molecule has 0 spiro atoms. The van der Waals surface area contributed by atoms with E-state index in [0.717, 1.165) is 25.7 Å². The summed E-state index contributed by atoms with van der Waals surface area (Å²) in [6.45, 7) is 4.05. The van der Waals surface area contributed by atoms with Gasteiger partial charge in [-0.3, -0.25) is 4.79 Å². The van der Waals surface area contributed by atoms with Gasteiger partial charge in [-0.05, 0) is 18.8 Å². The fourth-order valence-corrected chi connectivity index (χ4v) is 2.85. The molecule has 1 aliphatic carbocycles. The molecular weight excluding hydrogens is 256 g/mol. The molecule has 0 unspecified atom stereocenters. The van der Waals surface area contributed by atoms with Crippen molar-refractivity contribution < 1.29 is 14.1 Å². The molecule has 0 saturated heterocycles. The average Bonchev–Trinajstić information content (AvgIpc) is 2.87. The quantitative estimate of drug-likeness (QED) is 0.801. The third kappa shape index (κ3) is 3.45. The molecule has 1 aliphatic rings. The van der Waals surface area contributed by atoms with Gasteiger partial charge in [0.25, 0.3) is 0 Å². The van der Waals surface area contributed by atoms with Gasteiger partial charge in [0.2, 0.25) is 11.7 Å². The Hall–Kier alpha value is -1.23.